The summed E-state index contributed by atoms with van der Waals surface area (Å²) >= 11 is 3.34. The van der Waals surface area contributed by atoms with E-state index >= 15 is 0 Å². The third kappa shape index (κ3) is 4.90. The Morgan fingerprint density at radius 2 is 1.74 bits per heavy atom. The predicted molar refractivity (Wildman–Crippen MR) is 96.6 cm³/mol. The summed E-state index contributed by atoms with van der Waals surface area (Å²) in [5, 5.41) is 2.85. The van der Waals surface area contributed by atoms with Crippen molar-refractivity contribution < 1.29 is 9.18 Å². The normalized spacial score (nSPS) is 12.7. The molecule has 1 unspecified atom stereocenters. The minimum Gasteiger partial charge on any atom is -0.325 e. The number of amides is 1. The van der Waals surface area contributed by atoms with E-state index in [1.54, 1.807) is 18.2 Å². The Hall–Kier alpha value is -1.68. The molecule has 0 heterocycles. The number of anilines is 1. The van der Waals surface area contributed by atoms with Gasteiger partial charge in [0.05, 0.1) is 4.83 Å². The third-order valence-corrected chi connectivity index (χ3v) is 4.40. The summed E-state index contributed by atoms with van der Waals surface area (Å²) in [6.07, 6.45) is 0.304. The molecule has 0 fully saturated rings. The summed E-state index contributed by atoms with van der Waals surface area (Å²) in [6, 6.07) is 14.3. The first-order chi connectivity index (χ1) is 10.8. The molecule has 1 N–H and O–H groups in total. The molecule has 0 bridgehead atoms. The molecule has 4 heteroatoms. The van der Waals surface area contributed by atoms with E-state index in [4.69, 9.17) is 0 Å². The van der Waals surface area contributed by atoms with Crippen molar-refractivity contribution in [3.63, 3.8) is 0 Å². The number of nitrogens with one attached hydrogen (secondary N) is 1. The van der Waals surface area contributed by atoms with Crippen LogP contribution in [-0.2, 0) is 16.6 Å². The van der Waals surface area contributed by atoms with Gasteiger partial charge in [-0.15, -0.1) is 0 Å². The molecule has 2 aromatic carbocycles. The number of carbonyl (C=O) groups is 1. The zero-order valence-electron chi connectivity index (χ0n) is 13.6. The first-order valence-electron chi connectivity index (χ1n) is 7.56. The summed E-state index contributed by atoms with van der Waals surface area (Å²) in [7, 11) is 0. The van der Waals surface area contributed by atoms with E-state index in [-0.39, 0.29) is 17.1 Å². The van der Waals surface area contributed by atoms with Gasteiger partial charge in [-0.1, -0.05) is 67.0 Å². The topological polar surface area (TPSA) is 29.1 Å². The number of benzene rings is 2. The summed E-state index contributed by atoms with van der Waals surface area (Å²) in [5.74, 6) is -0.476. The lowest BCUT2D eigenvalue weighted by atomic mass is 9.87. The molecular weight excluding hydrogens is 357 g/mol. The standard InChI is InChI=1S/C19H21BrFNO/c1-19(2,3)14-8-10-15(11-9-14)22-18(23)16(20)12-13-6-4-5-7-17(13)21/h4-11,16H,12H2,1-3H3,(H,22,23). The van der Waals surface area contributed by atoms with E-state index in [0.29, 0.717) is 12.0 Å². The summed E-state index contributed by atoms with van der Waals surface area (Å²) < 4.78 is 13.6. The molecule has 0 spiro atoms. The van der Waals surface area contributed by atoms with Gasteiger partial charge in [-0.2, -0.15) is 0 Å². The Morgan fingerprint density at radius 3 is 2.30 bits per heavy atom. The molecule has 2 aromatic rings. The van der Waals surface area contributed by atoms with Crippen LogP contribution in [0.2, 0.25) is 0 Å². The van der Waals surface area contributed by atoms with Gasteiger partial charge < -0.3 is 5.32 Å². The quantitative estimate of drug-likeness (QED) is 0.740. The summed E-state index contributed by atoms with van der Waals surface area (Å²) in [6.45, 7) is 6.43. The minimum absolute atomic E-state index is 0.0747. The lowest BCUT2D eigenvalue weighted by Crippen LogP contribution is -2.25. The highest BCUT2D eigenvalue weighted by atomic mass is 79.9. The SMILES string of the molecule is CC(C)(C)c1ccc(NC(=O)C(Br)Cc2ccccc2F)cc1. The predicted octanol–water partition coefficient (Wildman–Crippen LogP) is 5.07. The lowest BCUT2D eigenvalue weighted by molar-refractivity contribution is -0.115. The number of rotatable bonds is 4. The molecule has 122 valence electrons. The molecule has 0 aliphatic rings. The van der Waals surface area contributed by atoms with Gasteiger partial charge in [-0.3, -0.25) is 4.79 Å². The van der Waals surface area contributed by atoms with E-state index < -0.39 is 4.83 Å². The molecule has 2 rings (SSSR count). The minimum atomic E-state index is -0.485. The van der Waals surface area contributed by atoms with Gasteiger partial charge in [0.1, 0.15) is 5.82 Å². The Labute approximate surface area is 145 Å². The second kappa shape index (κ2) is 7.26. The maximum absolute atomic E-state index is 13.6. The van der Waals surface area contributed by atoms with Crippen molar-refractivity contribution in [2.75, 3.05) is 5.32 Å². The van der Waals surface area contributed by atoms with Crippen LogP contribution in [0.15, 0.2) is 48.5 Å². The largest absolute Gasteiger partial charge is 0.325 e. The van der Waals surface area contributed by atoms with E-state index in [1.807, 2.05) is 24.3 Å². The number of alkyl halides is 1. The fraction of sp³-hybridized carbons (Fsp3) is 0.316. The van der Waals surface area contributed by atoms with E-state index in [9.17, 15) is 9.18 Å². The average Bonchev–Trinajstić information content (AvgIpc) is 2.49. The highest BCUT2D eigenvalue weighted by molar-refractivity contribution is 9.10. The van der Waals surface area contributed by atoms with Gasteiger partial charge in [0.2, 0.25) is 5.91 Å². The van der Waals surface area contributed by atoms with Gasteiger partial charge >= 0.3 is 0 Å². The molecule has 1 atom stereocenters. The van der Waals surface area contributed by atoms with Gasteiger partial charge in [0.15, 0.2) is 0 Å². The zero-order chi connectivity index (χ0) is 17.0. The molecule has 0 saturated heterocycles. The second-order valence-electron chi connectivity index (χ2n) is 6.58. The van der Waals surface area contributed by atoms with Gasteiger partial charge in [0, 0.05) is 5.69 Å². The van der Waals surface area contributed by atoms with Crippen LogP contribution in [0, 0.1) is 5.82 Å². The van der Waals surface area contributed by atoms with Gasteiger partial charge in [-0.25, -0.2) is 4.39 Å². The molecule has 0 saturated carbocycles. The average molecular weight is 378 g/mol. The van der Waals surface area contributed by atoms with Crippen molar-refractivity contribution in [3.05, 3.63) is 65.5 Å². The molecule has 0 aliphatic carbocycles. The monoisotopic (exact) mass is 377 g/mol. The van der Waals surface area contributed by atoms with Crippen molar-refractivity contribution in [3.8, 4) is 0 Å². The Bertz CT molecular complexity index is 677. The molecular formula is C19H21BrFNO. The van der Waals surface area contributed by atoms with Crippen molar-refractivity contribution in [2.45, 2.75) is 37.4 Å². The first-order valence-corrected chi connectivity index (χ1v) is 8.48. The number of hydrogen-bond acceptors (Lipinski definition) is 1. The third-order valence-electron chi connectivity index (χ3n) is 3.66. The molecule has 0 aliphatic heterocycles. The highest BCUT2D eigenvalue weighted by Gasteiger charge is 2.18. The molecule has 2 nitrogen and oxygen atoms in total. The van der Waals surface area contributed by atoms with Crippen LogP contribution in [0.3, 0.4) is 0 Å². The summed E-state index contributed by atoms with van der Waals surface area (Å²) in [5.41, 5.74) is 2.54. The van der Waals surface area contributed by atoms with E-state index in [0.717, 1.165) is 5.69 Å². The fourth-order valence-corrected chi connectivity index (χ4v) is 2.69. The Balaban J connectivity index is 2.00. The van der Waals surface area contributed by atoms with Gasteiger partial charge in [-0.05, 0) is 41.2 Å². The molecule has 0 aromatic heterocycles. The summed E-state index contributed by atoms with van der Waals surface area (Å²) in [4.78, 5) is 11.7. The second-order valence-corrected chi connectivity index (χ2v) is 7.68. The molecule has 0 radical (unpaired) electrons. The van der Waals surface area contributed by atoms with Crippen molar-refractivity contribution in [2.24, 2.45) is 0 Å². The van der Waals surface area contributed by atoms with Crippen LogP contribution in [0.4, 0.5) is 10.1 Å². The molecule has 1 amide bonds. The first kappa shape index (κ1) is 17.7. The number of hydrogen-bond donors (Lipinski definition) is 1. The zero-order valence-corrected chi connectivity index (χ0v) is 15.2. The number of carbonyl (C=O) groups excluding carboxylic acids is 1. The maximum atomic E-state index is 13.6. The van der Waals surface area contributed by atoms with Crippen molar-refractivity contribution >= 4 is 27.5 Å². The van der Waals surface area contributed by atoms with Gasteiger partial charge in [0.25, 0.3) is 0 Å². The van der Waals surface area contributed by atoms with Crippen molar-refractivity contribution in [1.29, 1.82) is 0 Å². The van der Waals surface area contributed by atoms with Crippen LogP contribution in [0.1, 0.15) is 31.9 Å². The Morgan fingerprint density at radius 1 is 1.13 bits per heavy atom. The van der Waals surface area contributed by atoms with Crippen LogP contribution in [0.5, 0.6) is 0 Å². The molecule has 23 heavy (non-hydrogen) atoms. The van der Waals surface area contributed by atoms with Crippen LogP contribution in [0.25, 0.3) is 0 Å². The maximum Gasteiger partial charge on any atom is 0.238 e. The lowest BCUT2D eigenvalue weighted by Gasteiger charge is -2.19. The smallest absolute Gasteiger partial charge is 0.238 e. The van der Waals surface area contributed by atoms with Crippen LogP contribution >= 0.6 is 15.9 Å². The van der Waals surface area contributed by atoms with E-state index in [2.05, 4.69) is 42.0 Å². The fourth-order valence-electron chi connectivity index (χ4n) is 2.22. The Kier molecular flexibility index (Phi) is 5.58. The van der Waals surface area contributed by atoms with Crippen molar-refractivity contribution in [1.82, 2.24) is 0 Å². The van der Waals surface area contributed by atoms with Crippen LogP contribution < -0.4 is 5.32 Å². The number of halogens is 2. The van der Waals surface area contributed by atoms with Crippen LogP contribution in [-0.4, -0.2) is 10.7 Å². The van der Waals surface area contributed by atoms with E-state index in [1.165, 1.54) is 11.6 Å². The highest BCUT2D eigenvalue weighted by Crippen LogP contribution is 2.24.